The number of halogens is 1. The summed E-state index contributed by atoms with van der Waals surface area (Å²) >= 11 is 6.12. The minimum absolute atomic E-state index is 0.0971. The average Bonchev–Trinajstić information content (AvgIpc) is 2.58. The van der Waals surface area contributed by atoms with E-state index in [0.717, 1.165) is 11.1 Å². The summed E-state index contributed by atoms with van der Waals surface area (Å²) in [4.78, 5) is 25.5. The zero-order chi connectivity index (χ0) is 19.0. The Morgan fingerprint density at radius 3 is 2.65 bits per heavy atom. The van der Waals surface area contributed by atoms with Crippen LogP contribution in [-0.2, 0) is 4.74 Å². The van der Waals surface area contributed by atoms with Gasteiger partial charge < -0.3 is 9.84 Å². The van der Waals surface area contributed by atoms with Crippen LogP contribution in [0, 0.1) is 13.8 Å². The first-order valence-electron chi connectivity index (χ1n) is 8.17. The van der Waals surface area contributed by atoms with E-state index >= 15 is 0 Å². The maximum atomic E-state index is 13.2. The minimum atomic E-state index is -0.856. The molecular weight excluding hydrogens is 354 g/mol. The zero-order valence-electron chi connectivity index (χ0n) is 14.7. The number of carbonyl (C=O) groups excluding carboxylic acids is 1. The van der Waals surface area contributed by atoms with Gasteiger partial charge >= 0.3 is 5.97 Å². The minimum Gasteiger partial charge on any atom is -0.506 e. The topological polar surface area (TPSA) is 68.5 Å². The predicted octanol–water partition coefficient (Wildman–Crippen LogP) is 4.14. The molecule has 1 aromatic heterocycles. The molecule has 0 amide bonds. The van der Waals surface area contributed by atoms with Crippen LogP contribution in [0.3, 0.4) is 0 Å². The first-order valence-corrected chi connectivity index (χ1v) is 8.55. The number of nitrogens with zero attached hydrogens (tertiary/aromatic N) is 1. The number of aromatic hydroxyl groups is 1. The number of ether oxygens (including phenoxy) is 1. The van der Waals surface area contributed by atoms with E-state index in [1.807, 2.05) is 26.0 Å². The Kier molecular flexibility index (Phi) is 4.74. The monoisotopic (exact) mass is 371 g/mol. The highest BCUT2D eigenvalue weighted by Gasteiger charge is 2.24. The number of aromatic nitrogens is 1. The van der Waals surface area contributed by atoms with E-state index in [-0.39, 0.29) is 12.2 Å². The summed E-state index contributed by atoms with van der Waals surface area (Å²) in [6.07, 6.45) is 0. The molecule has 2 aromatic carbocycles. The normalized spacial score (nSPS) is 10.9. The lowest BCUT2D eigenvalue weighted by molar-refractivity contribution is 0.0521. The first-order chi connectivity index (χ1) is 12.4. The van der Waals surface area contributed by atoms with Gasteiger partial charge in [0.25, 0.3) is 5.56 Å². The summed E-state index contributed by atoms with van der Waals surface area (Å²) in [7, 11) is 0. The van der Waals surface area contributed by atoms with E-state index in [2.05, 4.69) is 0 Å². The predicted molar refractivity (Wildman–Crippen MR) is 102 cm³/mol. The molecule has 6 heteroatoms. The molecular formula is C20H18ClNO4. The second-order valence-corrected chi connectivity index (χ2v) is 6.40. The largest absolute Gasteiger partial charge is 0.506 e. The van der Waals surface area contributed by atoms with Gasteiger partial charge in [-0.2, -0.15) is 0 Å². The highest BCUT2D eigenvalue weighted by molar-refractivity contribution is 6.31. The Morgan fingerprint density at radius 1 is 1.23 bits per heavy atom. The molecule has 1 N–H and O–H groups in total. The van der Waals surface area contributed by atoms with Crippen LogP contribution in [0.4, 0.5) is 0 Å². The van der Waals surface area contributed by atoms with Crippen molar-refractivity contribution in [3.63, 3.8) is 0 Å². The molecule has 0 bridgehead atoms. The Balaban J connectivity index is 2.51. The van der Waals surface area contributed by atoms with Crippen LogP contribution in [0.1, 0.15) is 28.4 Å². The third kappa shape index (κ3) is 2.84. The number of hydrogen-bond acceptors (Lipinski definition) is 4. The van der Waals surface area contributed by atoms with Crippen LogP contribution in [0.2, 0.25) is 5.02 Å². The highest BCUT2D eigenvalue weighted by Crippen LogP contribution is 2.31. The summed E-state index contributed by atoms with van der Waals surface area (Å²) in [6, 6.07) is 10.3. The number of carbonyl (C=O) groups is 1. The molecule has 0 aliphatic rings. The van der Waals surface area contributed by atoms with Crippen molar-refractivity contribution < 1.29 is 14.6 Å². The van der Waals surface area contributed by atoms with E-state index in [0.29, 0.717) is 21.6 Å². The van der Waals surface area contributed by atoms with Gasteiger partial charge in [0.05, 0.1) is 17.8 Å². The summed E-state index contributed by atoms with van der Waals surface area (Å²) in [5.41, 5.74) is 1.88. The highest BCUT2D eigenvalue weighted by atomic mass is 35.5. The Hall–Kier alpha value is -2.79. The van der Waals surface area contributed by atoms with E-state index in [1.165, 1.54) is 4.57 Å². The van der Waals surface area contributed by atoms with Crippen molar-refractivity contribution in [2.45, 2.75) is 20.8 Å². The summed E-state index contributed by atoms with van der Waals surface area (Å²) < 4.78 is 6.37. The lowest BCUT2D eigenvalue weighted by atomic mass is 10.1. The smallest absolute Gasteiger partial charge is 0.347 e. The Labute approximate surface area is 155 Å². The third-order valence-corrected chi connectivity index (χ3v) is 4.64. The van der Waals surface area contributed by atoms with Crippen molar-refractivity contribution in [2.75, 3.05) is 6.61 Å². The fourth-order valence-corrected chi connectivity index (χ4v) is 3.12. The molecule has 0 unspecified atom stereocenters. The first kappa shape index (κ1) is 18.0. The van der Waals surface area contributed by atoms with E-state index in [1.54, 1.807) is 31.2 Å². The molecule has 0 saturated carbocycles. The van der Waals surface area contributed by atoms with Gasteiger partial charge in [0.15, 0.2) is 5.56 Å². The summed E-state index contributed by atoms with van der Waals surface area (Å²) in [5, 5.41) is 11.3. The van der Waals surface area contributed by atoms with Gasteiger partial charge in [-0.25, -0.2) is 4.79 Å². The van der Waals surface area contributed by atoms with E-state index < -0.39 is 17.3 Å². The molecule has 26 heavy (non-hydrogen) atoms. The molecule has 0 saturated heterocycles. The molecule has 0 fully saturated rings. The van der Waals surface area contributed by atoms with Crippen molar-refractivity contribution >= 4 is 28.5 Å². The number of esters is 1. The van der Waals surface area contributed by atoms with Crippen LogP contribution >= 0.6 is 11.6 Å². The number of rotatable bonds is 3. The van der Waals surface area contributed by atoms with Gasteiger partial charge in [-0.1, -0.05) is 23.7 Å². The number of pyridine rings is 1. The van der Waals surface area contributed by atoms with Crippen molar-refractivity contribution in [3.05, 3.63) is 68.5 Å². The molecule has 3 aromatic rings. The Morgan fingerprint density at radius 2 is 1.96 bits per heavy atom. The van der Waals surface area contributed by atoms with Crippen LogP contribution in [0.15, 0.2) is 41.2 Å². The quantitative estimate of drug-likeness (QED) is 0.702. The second kappa shape index (κ2) is 6.84. The molecule has 1 heterocycles. The van der Waals surface area contributed by atoms with Crippen LogP contribution in [0.5, 0.6) is 5.75 Å². The maximum absolute atomic E-state index is 13.2. The number of fused-ring (bicyclic) bond motifs is 1. The number of benzene rings is 2. The number of aryl methyl sites for hydroxylation is 1. The van der Waals surface area contributed by atoms with Gasteiger partial charge in [-0.15, -0.1) is 0 Å². The molecule has 0 atom stereocenters. The lowest BCUT2D eigenvalue weighted by Gasteiger charge is -2.17. The molecule has 0 radical (unpaired) electrons. The standard InChI is InChI=1S/C20H18ClNO4/c1-4-26-20(25)17-18(23)14-9-8-13(21)10-16(14)22(19(17)24)15-7-5-6-11(2)12(15)3/h5-10,23H,4H2,1-3H3. The summed E-state index contributed by atoms with van der Waals surface area (Å²) in [6.45, 7) is 5.56. The van der Waals surface area contributed by atoms with Crippen molar-refractivity contribution in [2.24, 2.45) is 0 Å². The van der Waals surface area contributed by atoms with Crippen LogP contribution in [0.25, 0.3) is 16.6 Å². The van der Waals surface area contributed by atoms with E-state index in [4.69, 9.17) is 16.3 Å². The maximum Gasteiger partial charge on any atom is 0.347 e. The third-order valence-electron chi connectivity index (χ3n) is 4.41. The average molecular weight is 372 g/mol. The SMILES string of the molecule is CCOC(=O)c1c(O)c2ccc(Cl)cc2n(-c2cccc(C)c2C)c1=O. The molecule has 134 valence electrons. The van der Waals surface area contributed by atoms with Crippen molar-refractivity contribution in [3.8, 4) is 11.4 Å². The van der Waals surface area contributed by atoms with Crippen molar-refractivity contribution in [1.29, 1.82) is 0 Å². The van der Waals surface area contributed by atoms with Crippen LogP contribution in [-0.4, -0.2) is 22.2 Å². The fraction of sp³-hybridized carbons (Fsp3) is 0.200. The summed E-state index contributed by atoms with van der Waals surface area (Å²) in [5.74, 6) is -1.26. The van der Waals surface area contributed by atoms with Gasteiger partial charge in [0.1, 0.15) is 5.75 Å². The van der Waals surface area contributed by atoms with Crippen LogP contribution < -0.4 is 5.56 Å². The lowest BCUT2D eigenvalue weighted by Crippen LogP contribution is -2.27. The van der Waals surface area contributed by atoms with Gasteiger partial charge in [-0.05, 0) is 56.2 Å². The van der Waals surface area contributed by atoms with Gasteiger partial charge in [0.2, 0.25) is 0 Å². The van der Waals surface area contributed by atoms with Gasteiger partial charge in [-0.3, -0.25) is 9.36 Å². The van der Waals surface area contributed by atoms with Gasteiger partial charge in [0, 0.05) is 10.4 Å². The second-order valence-electron chi connectivity index (χ2n) is 5.97. The zero-order valence-corrected chi connectivity index (χ0v) is 15.4. The van der Waals surface area contributed by atoms with E-state index in [9.17, 15) is 14.7 Å². The Bertz CT molecular complexity index is 1090. The molecule has 0 aliphatic carbocycles. The fourth-order valence-electron chi connectivity index (χ4n) is 2.95. The molecule has 5 nitrogen and oxygen atoms in total. The molecule has 3 rings (SSSR count). The van der Waals surface area contributed by atoms with Crippen molar-refractivity contribution in [1.82, 2.24) is 4.57 Å². The number of hydrogen-bond donors (Lipinski definition) is 1. The molecule has 0 spiro atoms. The molecule has 0 aliphatic heterocycles.